The van der Waals surface area contributed by atoms with Crippen LogP contribution >= 0.6 is 0 Å². The Morgan fingerprint density at radius 2 is 2.26 bits per heavy atom. The maximum Gasteiger partial charge on any atom is 0.272 e. The fourth-order valence-corrected chi connectivity index (χ4v) is 2.72. The van der Waals surface area contributed by atoms with Crippen molar-refractivity contribution < 1.29 is 13.9 Å². The first kappa shape index (κ1) is 15.3. The highest BCUT2D eigenvalue weighted by Crippen LogP contribution is 2.37. The number of fused-ring (bicyclic) bond motifs is 1. The fourth-order valence-electron chi connectivity index (χ4n) is 2.72. The zero-order valence-electron chi connectivity index (χ0n) is 13.0. The van der Waals surface area contributed by atoms with E-state index in [4.69, 9.17) is 10.5 Å². The van der Waals surface area contributed by atoms with Crippen molar-refractivity contribution >= 4 is 11.6 Å². The number of anilines is 1. The van der Waals surface area contributed by atoms with E-state index in [1.165, 1.54) is 0 Å². The topological polar surface area (TPSA) is 77.2 Å². The predicted molar refractivity (Wildman–Crippen MR) is 84.6 cm³/mol. The van der Waals surface area contributed by atoms with Gasteiger partial charge < -0.3 is 15.8 Å². The van der Waals surface area contributed by atoms with Crippen LogP contribution in [0.5, 0.6) is 5.75 Å². The number of carbonyl (C=O) groups excluding carboxylic acids is 1. The van der Waals surface area contributed by atoms with E-state index in [2.05, 4.69) is 10.3 Å². The van der Waals surface area contributed by atoms with Crippen molar-refractivity contribution in [1.82, 2.24) is 10.3 Å². The van der Waals surface area contributed by atoms with Gasteiger partial charge >= 0.3 is 0 Å². The van der Waals surface area contributed by atoms with Crippen molar-refractivity contribution in [3.05, 3.63) is 53.1 Å². The van der Waals surface area contributed by atoms with Crippen LogP contribution in [0.15, 0.2) is 30.5 Å². The monoisotopic (exact) mass is 315 g/mol. The number of rotatable bonds is 3. The van der Waals surface area contributed by atoms with Gasteiger partial charge in [0.25, 0.3) is 5.91 Å². The molecule has 3 rings (SSSR count). The molecule has 0 bridgehead atoms. The quantitative estimate of drug-likeness (QED) is 0.912. The number of hydrogen-bond acceptors (Lipinski definition) is 4. The van der Waals surface area contributed by atoms with Crippen LogP contribution in [0, 0.1) is 5.82 Å². The van der Waals surface area contributed by atoms with Crippen LogP contribution in [0.4, 0.5) is 10.1 Å². The van der Waals surface area contributed by atoms with Crippen molar-refractivity contribution in [1.29, 1.82) is 0 Å². The van der Waals surface area contributed by atoms with Gasteiger partial charge in [0.1, 0.15) is 17.2 Å². The highest BCUT2D eigenvalue weighted by atomic mass is 19.1. The normalized spacial score (nSPS) is 14.9. The number of aromatic nitrogens is 1. The Morgan fingerprint density at radius 1 is 1.48 bits per heavy atom. The van der Waals surface area contributed by atoms with Crippen molar-refractivity contribution in [2.45, 2.75) is 32.4 Å². The molecule has 1 aromatic heterocycles. The number of nitrogens with zero attached hydrogens (tertiary/aromatic N) is 1. The second kappa shape index (κ2) is 5.53. The Kier molecular flexibility index (Phi) is 3.67. The number of nitrogens with two attached hydrogens (primary N) is 1. The molecule has 1 aliphatic heterocycles. The van der Waals surface area contributed by atoms with Crippen molar-refractivity contribution in [3.8, 4) is 5.75 Å². The van der Waals surface area contributed by atoms with Gasteiger partial charge in [-0.25, -0.2) is 9.37 Å². The summed E-state index contributed by atoms with van der Waals surface area (Å²) in [5.41, 5.74) is 7.43. The molecule has 0 atom stereocenters. The molecule has 0 unspecified atom stereocenters. The van der Waals surface area contributed by atoms with Gasteiger partial charge in [-0.15, -0.1) is 0 Å². The minimum Gasteiger partial charge on any atom is -0.487 e. The van der Waals surface area contributed by atoms with Gasteiger partial charge in [0, 0.05) is 24.6 Å². The summed E-state index contributed by atoms with van der Waals surface area (Å²) in [7, 11) is 0. The summed E-state index contributed by atoms with van der Waals surface area (Å²) >= 11 is 0. The molecule has 3 N–H and O–H groups in total. The van der Waals surface area contributed by atoms with E-state index < -0.39 is 11.7 Å². The summed E-state index contributed by atoms with van der Waals surface area (Å²) in [6.45, 7) is 4.34. The Labute approximate surface area is 133 Å². The number of nitrogens with one attached hydrogen (secondary N) is 1. The molecule has 6 heteroatoms. The van der Waals surface area contributed by atoms with Gasteiger partial charge in [-0.2, -0.15) is 0 Å². The third-order valence-corrected chi connectivity index (χ3v) is 3.71. The van der Waals surface area contributed by atoms with Crippen LogP contribution in [0.25, 0.3) is 0 Å². The molecule has 0 radical (unpaired) electrons. The summed E-state index contributed by atoms with van der Waals surface area (Å²) in [4.78, 5) is 15.9. The van der Waals surface area contributed by atoms with Crippen molar-refractivity contribution in [2.75, 3.05) is 5.73 Å². The van der Waals surface area contributed by atoms with Crippen LogP contribution in [0.1, 0.15) is 35.5 Å². The summed E-state index contributed by atoms with van der Waals surface area (Å²) in [5, 5.41) is 2.75. The fraction of sp³-hybridized carbons (Fsp3) is 0.294. The zero-order valence-corrected chi connectivity index (χ0v) is 13.0. The standard InChI is InChI=1S/C17H18FN3O2/c1-17(2)7-10-4-3-5-11(15(10)23-17)8-21-16(22)14-13(19)6-12(18)9-20-14/h3-6,9H,7-8,19H2,1-2H3,(H,21,22). The Hall–Kier alpha value is -2.63. The van der Waals surface area contributed by atoms with Gasteiger partial charge in [-0.1, -0.05) is 18.2 Å². The molecule has 5 nitrogen and oxygen atoms in total. The van der Waals surface area contributed by atoms with Crippen LogP contribution < -0.4 is 15.8 Å². The molecule has 1 aliphatic rings. The van der Waals surface area contributed by atoms with E-state index in [0.717, 1.165) is 35.6 Å². The molecule has 23 heavy (non-hydrogen) atoms. The third-order valence-electron chi connectivity index (χ3n) is 3.71. The van der Waals surface area contributed by atoms with Gasteiger partial charge in [0.05, 0.1) is 11.9 Å². The third kappa shape index (κ3) is 3.11. The molecule has 120 valence electrons. The van der Waals surface area contributed by atoms with E-state index in [9.17, 15) is 9.18 Å². The average Bonchev–Trinajstić information content (AvgIpc) is 2.79. The van der Waals surface area contributed by atoms with Gasteiger partial charge in [-0.05, 0) is 19.4 Å². The van der Waals surface area contributed by atoms with Crippen LogP contribution in [0.3, 0.4) is 0 Å². The molecule has 0 saturated heterocycles. The first-order valence-electron chi connectivity index (χ1n) is 7.35. The minimum absolute atomic E-state index is 0.0122. The lowest BCUT2D eigenvalue weighted by Gasteiger charge is -2.18. The maximum absolute atomic E-state index is 13.0. The minimum atomic E-state index is -0.574. The number of amides is 1. The number of para-hydroxylation sites is 1. The zero-order chi connectivity index (χ0) is 16.6. The van der Waals surface area contributed by atoms with Crippen LogP contribution in [-0.4, -0.2) is 16.5 Å². The lowest BCUT2D eigenvalue weighted by Crippen LogP contribution is -2.26. The SMILES string of the molecule is CC1(C)Cc2cccc(CNC(=O)c3ncc(F)cc3N)c2O1. The second-order valence-electron chi connectivity index (χ2n) is 6.22. The molecule has 1 amide bonds. The van der Waals surface area contributed by atoms with Crippen LogP contribution in [0.2, 0.25) is 0 Å². The smallest absolute Gasteiger partial charge is 0.272 e. The summed E-state index contributed by atoms with van der Waals surface area (Å²) in [6, 6.07) is 6.94. The van der Waals surface area contributed by atoms with E-state index in [1.807, 2.05) is 32.0 Å². The Morgan fingerprint density at radius 3 is 3.00 bits per heavy atom. The molecule has 0 fully saturated rings. The molecule has 0 spiro atoms. The molecule has 0 saturated carbocycles. The number of hydrogen-bond donors (Lipinski definition) is 2. The lowest BCUT2D eigenvalue weighted by atomic mass is 10.0. The number of ether oxygens (including phenoxy) is 1. The molecule has 0 aliphatic carbocycles. The van der Waals surface area contributed by atoms with Gasteiger partial charge in [0.15, 0.2) is 5.69 Å². The van der Waals surface area contributed by atoms with Gasteiger partial charge in [0.2, 0.25) is 0 Å². The van der Waals surface area contributed by atoms with Crippen LogP contribution in [-0.2, 0) is 13.0 Å². The van der Waals surface area contributed by atoms with E-state index >= 15 is 0 Å². The first-order valence-corrected chi connectivity index (χ1v) is 7.35. The maximum atomic E-state index is 13.0. The summed E-state index contributed by atoms with van der Waals surface area (Å²) in [5.74, 6) is -0.203. The number of pyridine rings is 1. The van der Waals surface area contributed by atoms with Crippen molar-refractivity contribution in [2.24, 2.45) is 0 Å². The molecule has 2 heterocycles. The summed E-state index contributed by atoms with van der Waals surface area (Å²) < 4.78 is 19.0. The number of carbonyl (C=O) groups is 1. The van der Waals surface area contributed by atoms with E-state index in [1.54, 1.807) is 0 Å². The molecular weight excluding hydrogens is 297 g/mol. The number of benzene rings is 1. The average molecular weight is 315 g/mol. The van der Waals surface area contributed by atoms with E-state index in [-0.39, 0.29) is 23.5 Å². The number of nitrogen functional groups attached to an aromatic ring is 1. The van der Waals surface area contributed by atoms with E-state index in [0.29, 0.717) is 0 Å². The van der Waals surface area contributed by atoms with Crippen molar-refractivity contribution in [3.63, 3.8) is 0 Å². The van der Waals surface area contributed by atoms with Gasteiger partial charge in [-0.3, -0.25) is 4.79 Å². The second-order valence-corrected chi connectivity index (χ2v) is 6.22. The highest BCUT2D eigenvalue weighted by molar-refractivity contribution is 5.97. The predicted octanol–water partition coefficient (Wildman–Crippen LogP) is 2.45. The molecule has 1 aromatic carbocycles. The Bertz CT molecular complexity index is 774. The largest absolute Gasteiger partial charge is 0.487 e. The molecule has 2 aromatic rings. The first-order chi connectivity index (χ1) is 10.9. The lowest BCUT2D eigenvalue weighted by molar-refractivity contribution is 0.0946. The molecular formula is C17H18FN3O2. The number of halogens is 1. The Balaban J connectivity index is 1.75. The highest BCUT2D eigenvalue weighted by Gasteiger charge is 2.31. The summed E-state index contributed by atoms with van der Waals surface area (Å²) in [6.07, 6.45) is 1.80.